The summed E-state index contributed by atoms with van der Waals surface area (Å²) in [4.78, 5) is 13.2. The largest absolute Gasteiger partial charge is 0.497 e. The molecule has 0 unspecified atom stereocenters. The molecule has 0 bridgehead atoms. The van der Waals surface area contributed by atoms with E-state index in [1.54, 1.807) is 44.0 Å². The predicted octanol–water partition coefficient (Wildman–Crippen LogP) is 6.74. The van der Waals surface area contributed by atoms with Crippen LogP contribution in [0.1, 0.15) is 82.6 Å². The molecule has 1 heterocycles. The van der Waals surface area contributed by atoms with Crippen molar-refractivity contribution in [2.24, 2.45) is 0 Å². The molecule has 1 amide bonds. The van der Waals surface area contributed by atoms with Gasteiger partial charge in [-0.3, -0.25) is 4.79 Å². The molecule has 0 spiro atoms. The smallest absolute Gasteiger partial charge is 0.278 e. The topological polar surface area (TPSA) is 87.5 Å². The lowest BCUT2D eigenvalue weighted by atomic mass is 9.86. The summed E-state index contributed by atoms with van der Waals surface area (Å²) >= 11 is 0. The third-order valence-electron chi connectivity index (χ3n) is 5.77. The van der Waals surface area contributed by atoms with Crippen LogP contribution in [0, 0.1) is 6.92 Å². The summed E-state index contributed by atoms with van der Waals surface area (Å²) in [6.45, 7) is 15.0. The molecule has 2 aromatic carbocycles. The van der Waals surface area contributed by atoms with Crippen LogP contribution in [0.2, 0.25) is 0 Å². The fraction of sp³-hybridized carbons (Fsp3) is 0.483. The van der Waals surface area contributed by atoms with E-state index in [-0.39, 0.29) is 17.0 Å². The highest BCUT2D eigenvalue weighted by Gasteiger charge is 2.21. The minimum atomic E-state index is -0.349. The van der Waals surface area contributed by atoms with Gasteiger partial charge in [-0.1, -0.05) is 59.6 Å². The van der Waals surface area contributed by atoms with Gasteiger partial charge in [0.2, 0.25) is 0 Å². The molecule has 0 aliphatic heterocycles. The van der Waals surface area contributed by atoms with E-state index in [4.69, 9.17) is 14.2 Å². The molecule has 0 aliphatic rings. The molecule has 0 fully saturated rings. The molecule has 37 heavy (non-hydrogen) atoms. The van der Waals surface area contributed by atoms with Gasteiger partial charge in [0, 0.05) is 17.8 Å². The number of hydrogen-bond donors (Lipinski definition) is 1. The Morgan fingerprint density at radius 3 is 2.35 bits per heavy atom. The van der Waals surface area contributed by atoms with Crippen LogP contribution in [-0.4, -0.2) is 41.7 Å². The van der Waals surface area contributed by atoms with Crippen LogP contribution in [0.4, 0.5) is 5.69 Å². The molecule has 0 aliphatic carbocycles. The highest BCUT2D eigenvalue weighted by molar-refractivity contribution is 6.03. The number of aromatic nitrogens is 3. The average Bonchev–Trinajstić information content (AvgIpc) is 3.28. The summed E-state index contributed by atoms with van der Waals surface area (Å²) < 4.78 is 18.4. The van der Waals surface area contributed by atoms with Crippen LogP contribution in [0.25, 0.3) is 5.69 Å². The number of unbranched alkanes of at least 4 members (excludes halogenated alkanes) is 2. The first kappa shape index (κ1) is 29.7. The zero-order valence-corrected chi connectivity index (χ0v) is 23.8. The van der Waals surface area contributed by atoms with Crippen molar-refractivity contribution >= 4 is 11.6 Å². The summed E-state index contributed by atoms with van der Waals surface area (Å²) in [5.74, 6) is 1.63. The van der Waals surface area contributed by atoms with E-state index in [1.165, 1.54) is 0 Å². The Bertz CT molecular complexity index is 1170. The van der Waals surface area contributed by atoms with Gasteiger partial charge in [-0.15, -0.1) is 5.10 Å². The lowest BCUT2D eigenvalue weighted by Gasteiger charge is -2.21. The van der Waals surface area contributed by atoms with Crippen LogP contribution in [0.15, 0.2) is 36.4 Å². The normalized spacial score (nSPS) is 10.8. The molecule has 3 aromatic rings. The van der Waals surface area contributed by atoms with Crippen LogP contribution in [0.3, 0.4) is 0 Å². The Morgan fingerprint density at radius 2 is 1.73 bits per heavy atom. The van der Waals surface area contributed by atoms with Crippen LogP contribution < -0.4 is 19.5 Å². The minimum Gasteiger partial charge on any atom is -0.497 e. The van der Waals surface area contributed by atoms with E-state index in [0.717, 1.165) is 30.6 Å². The van der Waals surface area contributed by atoms with Crippen molar-refractivity contribution < 1.29 is 19.0 Å². The molecule has 8 nitrogen and oxygen atoms in total. The van der Waals surface area contributed by atoms with Crippen molar-refractivity contribution in [2.75, 3.05) is 26.1 Å². The van der Waals surface area contributed by atoms with E-state index < -0.39 is 0 Å². The maximum atomic E-state index is 13.2. The van der Waals surface area contributed by atoms with Gasteiger partial charge in [-0.2, -0.15) is 0 Å². The molecule has 8 heteroatoms. The van der Waals surface area contributed by atoms with Gasteiger partial charge >= 0.3 is 0 Å². The van der Waals surface area contributed by atoms with Gasteiger partial charge in [-0.05, 0) is 48.6 Å². The SMILES string of the molecule is CC.CCCCCOc1cc(NC(=O)c2nnn(-c3cc(OC)ccc3OC)c2C)cc(C(C)(C)C)c1. The second-order valence-corrected chi connectivity index (χ2v) is 9.48. The molecule has 1 N–H and O–H groups in total. The summed E-state index contributed by atoms with van der Waals surface area (Å²) in [6, 6.07) is 11.2. The third-order valence-corrected chi connectivity index (χ3v) is 5.77. The molecule has 0 atom stereocenters. The second kappa shape index (κ2) is 13.7. The summed E-state index contributed by atoms with van der Waals surface area (Å²) in [7, 11) is 3.17. The van der Waals surface area contributed by atoms with Gasteiger partial charge in [-0.25, -0.2) is 4.68 Å². The van der Waals surface area contributed by atoms with E-state index in [9.17, 15) is 4.79 Å². The molecular formula is C29H42N4O4. The number of nitrogens with zero attached hydrogens (tertiary/aromatic N) is 3. The molecule has 0 saturated carbocycles. The fourth-order valence-electron chi connectivity index (χ4n) is 3.65. The Balaban J connectivity index is 0.00000235. The van der Waals surface area contributed by atoms with Gasteiger partial charge in [0.15, 0.2) is 5.69 Å². The highest BCUT2D eigenvalue weighted by Crippen LogP contribution is 2.31. The van der Waals surface area contributed by atoms with Crippen molar-refractivity contribution in [1.82, 2.24) is 15.0 Å². The van der Waals surface area contributed by atoms with Gasteiger partial charge in [0.25, 0.3) is 5.91 Å². The first-order valence-electron chi connectivity index (χ1n) is 12.9. The number of amides is 1. The summed E-state index contributed by atoms with van der Waals surface area (Å²) in [5.41, 5.74) is 3.06. The Hall–Kier alpha value is -3.55. The van der Waals surface area contributed by atoms with Gasteiger partial charge < -0.3 is 19.5 Å². The molecule has 1 aromatic heterocycles. The van der Waals surface area contributed by atoms with E-state index in [1.807, 2.05) is 32.0 Å². The lowest BCUT2D eigenvalue weighted by Crippen LogP contribution is -2.16. The number of hydrogen-bond acceptors (Lipinski definition) is 6. The van der Waals surface area contributed by atoms with Crippen LogP contribution in [-0.2, 0) is 5.41 Å². The number of benzene rings is 2. The van der Waals surface area contributed by atoms with E-state index in [2.05, 4.69) is 43.3 Å². The molecular weight excluding hydrogens is 468 g/mol. The van der Waals surface area contributed by atoms with Crippen molar-refractivity contribution in [3.8, 4) is 22.9 Å². The van der Waals surface area contributed by atoms with Gasteiger partial charge in [0.1, 0.15) is 22.9 Å². The van der Waals surface area contributed by atoms with Crippen molar-refractivity contribution in [1.29, 1.82) is 0 Å². The lowest BCUT2D eigenvalue weighted by molar-refractivity contribution is 0.102. The summed E-state index contributed by atoms with van der Waals surface area (Å²) in [5, 5.41) is 11.3. The quantitative estimate of drug-likeness (QED) is 0.304. The van der Waals surface area contributed by atoms with Crippen molar-refractivity contribution in [2.45, 2.75) is 73.1 Å². The number of nitrogens with one attached hydrogen (secondary N) is 1. The second-order valence-electron chi connectivity index (χ2n) is 9.48. The third kappa shape index (κ3) is 7.71. The molecule has 202 valence electrons. The standard InChI is InChI=1S/C27H36N4O4.C2H6/c1-8-9-10-13-35-22-15-19(27(3,4)5)14-20(16-22)28-26(32)25-18(2)31(30-29-25)23-17-21(33-6)11-12-24(23)34-7;1-2/h11-12,14-17H,8-10,13H2,1-7H3,(H,28,32);1-2H3. The first-order chi connectivity index (χ1) is 17.7. The van der Waals surface area contributed by atoms with Crippen LogP contribution >= 0.6 is 0 Å². The molecule has 0 saturated heterocycles. The average molecular weight is 511 g/mol. The maximum Gasteiger partial charge on any atom is 0.278 e. The minimum absolute atomic E-state index is 0.107. The van der Waals surface area contributed by atoms with Crippen molar-refractivity contribution in [3.63, 3.8) is 0 Å². The van der Waals surface area contributed by atoms with Gasteiger partial charge in [0.05, 0.1) is 26.5 Å². The fourth-order valence-corrected chi connectivity index (χ4v) is 3.65. The van der Waals surface area contributed by atoms with E-state index >= 15 is 0 Å². The zero-order valence-electron chi connectivity index (χ0n) is 23.8. The number of carbonyl (C=O) groups excluding carboxylic acids is 1. The number of anilines is 1. The number of ether oxygens (including phenoxy) is 3. The highest BCUT2D eigenvalue weighted by atomic mass is 16.5. The number of rotatable bonds is 10. The zero-order chi connectivity index (χ0) is 27.6. The Labute approximate surface area is 221 Å². The molecule has 3 rings (SSSR count). The number of methoxy groups -OCH3 is 2. The Kier molecular flexibility index (Phi) is 11.0. The van der Waals surface area contributed by atoms with Crippen LogP contribution in [0.5, 0.6) is 17.2 Å². The first-order valence-corrected chi connectivity index (χ1v) is 12.9. The monoisotopic (exact) mass is 510 g/mol. The summed E-state index contributed by atoms with van der Waals surface area (Å²) in [6.07, 6.45) is 3.25. The Morgan fingerprint density at radius 1 is 1.00 bits per heavy atom. The van der Waals surface area contributed by atoms with E-state index in [0.29, 0.717) is 35.2 Å². The number of carbonyl (C=O) groups is 1. The molecule has 0 radical (unpaired) electrons. The predicted molar refractivity (Wildman–Crippen MR) is 149 cm³/mol. The maximum absolute atomic E-state index is 13.2. The van der Waals surface area contributed by atoms with Crippen molar-refractivity contribution in [3.05, 3.63) is 53.3 Å².